The molecule has 46 heavy (non-hydrogen) atoms. The summed E-state index contributed by atoms with van der Waals surface area (Å²) in [5, 5.41) is 35.6. The minimum absolute atomic E-state index is 0.0362. The van der Waals surface area contributed by atoms with Crippen molar-refractivity contribution in [3.05, 3.63) is 11.1 Å². The number of amides is 3. The summed E-state index contributed by atoms with van der Waals surface area (Å²) in [6.07, 6.45) is -3.90. The number of alkyl halides is 3. The Morgan fingerprint density at radius 2 is 1.96 bits per heavy atom. The number of carbonyl (C=O) groups excluding carboxylic acids is 3. The number of halogens is 3. The zero-order chi connectivity index (χ0) is 33.8. The van der Waals surface area contributed by atoms with E-state index in [4.69, 9.17) is 0 Å². The van der Waals surface area contributed by atoms with Crippen LogP contribution in [0.4, 0.5) is 18.3 Å². The molecule has 0 aliphatic carbocycles. The maximum atomic E-state index is 13.0. The summed E-state index contributed by atoms with van der Waals surface area (Å²) in [5.41, 5.74) is 0.276. The Bertz CT molecular complexity index is 1490. The minimum Gasteiger partial charge on any atom is -0.481 e. The number of nitrogens with one attached hydrogen (secondary N) is 3. The van der Waals surface area contributed by atoms with Crippen LogP contribution in [0.15, 0.2) is 20.8 Å². The van der Waals surface area contributed by atoms with Crippen molar-refractivity contribution in [3.63, 3.8) is 0 Å². The molecule has 0 aromatic carbocycles. The molecule has 3 aliphatic rings. The lowest BCUT2D eigenvalue weighted by atomic mass is 9.89. The van der Waals surface area contributed by atoms with E-state index >= 15 is 0 Å². The fraction of sp³-hybridized carbons (Fsp3) is 0.476. The van der Waals surface area contributed by atoms with Crippen molar-refractivity contribution in [2.24, 2.45) is 20.8 Å². The number of rotatable bonds is 13. The molecule has 25 heteroatoms. The average Bonchev–Trinajstić information content (AvgIpc) is 3.65. The Labute approximate surface area is 268 Å². The average molecular weight is 713 g/mol. The van der Waals surface area contributed by atoms with E-state index in [1.54, 1.807) is 5.32 Å². The molecule has 3 amide bonds. The van der Waals surface area contributed by atoms with E-state index < -0.39 is 63.5 Å². The van der Waals surface area contributed by atoms with Gasteiger partial charge in [0, 0.05) is 23.4 Å². The largest absolute Gasteiger partial charge is 0.481 e. The van der Waals surface area contributed by atoms with Gasteiger partial charge in [0.2, 0.25) is 5.91 Å². The number of oxime groups is 2. The number of aliphatic carboxylic acids is 2. The van der Waals surface area contributed by atoms with Crippen molar-refractivity contribution in [1.82, 2.24) is 30.3 Å². The molecule has 0 spiro atoms. The van der Waals surface area contributed by atoms with Gasteiger partial charge in [-0.2, -0.15) is 13.2 Å². The predicted molar refractivity (Wildman–Crippen MR) is 155 cm³/mol. The zero-order valence-electron chi connectivity index (χ0n) is 23.4. The molecule has 0 radical (unpaired) electrons. The molecule has 1 aromatic heterocycles. The second-order valence-electron chi connectivity index (χ2n) is 9.35. The van der Waals surface area contributed by atoms with Gasteiger partial charge in [-0.05, 0) is 11.9 Å². The maximum absolute atomic E-state index is 13.0. The summed E-state index contributed by atoms with van der Waals surface area (Å²) in [6.45, 7) is -0.424. The molecule has 3 aliphatic heterocycles. The van der Waals surface area contributed by atoms with Crippen LogP contribution in [0.1, 0.15) is 5.69 Å². The van der Waals surface area contributed by atoms with Gasteiger partial charge in [0.15, 0.2) is 16.6 Å². The number of nitrogens with zero attached hydrogens (tertiary/aromatic N) is 7. The SMILES string of the molecule is CON=C(CN1C=NN(SCC2(C(=O)O)CS[C@@H]3C(NC(=O)C(=NOC)c4csc(NC(=O)C(F)(F)F)n4)C(=O)N3C2)N1)C(=O)O. The number of carboxylic acids is 2. The van der Waals surface area contributed by atoms with Gasteiger partial charge in [-0.1, -0.05) is 10.3 Å². The summed E-state index contributed by atoms with van der Waals surface area (Å²) in [5.74, 6) is -6.31. The van der Waals surface area contributed by atoms with Gasteiger partial charge in [0.05, 0.1) is 6.54 Å². The molecular weight excluding hydrogens is 689 g/mol. The molecule has 4 heterocycles. The Kier molecular flexibility index (Phi) is 10.5. The third-order valence-corrected chi connectivity index (χ3v) is 9.70. The molecule has 250 valence electrons. The molecule has 4 rings (SSSR count). The third kappa shape index (κ3) is 7.53. The second kappa shape index (κ2) is 14.0. The number of thioether (sulfide) groups is 1. The number of anilines is 1. The number of hydrogen-bond acceptors (Lipinski definition) is 17. The normalized spacial score (nSPS) is 23.1. The summed E-state index contributed by atoms with van der Waals surface area (Å²) >= 11 is 2.67. The molecule has 19 nitrogen and oxygen atoms in total. The predicted octanol–water partition coefficient (Wildman–Crippen LogP) is -0.819. The molecule has 0 bridgehead atoms. The molecule has 2 saturated heterocycles. The highest BCUT2D eigenvalue weighted by Gasteiger charge is 2.58. The van der Waals surface area contributed by atoms with E-state index in [0.29, 0.717) is 11.3 Å². The van der Waals surface area contributed by atoms with Crippen LogP contribution in [-0.2, 0) is 33.6 Å². The number of carbonyl (C=O) groups is 5. The van der Waals surface area contributed by atoms with Crippen LogP contribution in [0, 0.1) is 5.41 Å². The van der Waals surface area contributed by atoms with E-state index in [9.17, 15) is 47.4 Å². The van der Waals surface area contributed by atoms with Gasteiger partial charge >= 0.3 is 24.0 Å². The van der Waals surface area contributed by atoms with Crippen molar-refractivity contribution >= 4 is 87.6 Å². The highest BCUT2D eigenvalue weighted by Crippen LogP contribution is 2.44. The first-order valence-corrected chi connectivity index (χ1v) is 15.3. The minimum atomic E-state index is -5.16. The molecule has 2 fully saturated rings. The van der Waals surface area contributed by atoms with Crippen LogP contribution in [0.5, 0.6) is 0 Å². The topological polar surface area (TPSA) is 240 Å². The number of β-lactam (4-membered cyclic amide) rings is 1. The van der Waals surface area contributed by atoms with Gasteiger partial charge in [0.1, 0.15) is 43.1 Å². The summed E-state index contributed by atoms with van der Waals surface area (Å²) in [6, 6.07) is -1.09. The Balaban J connectivity index is 1.34. The highest BCUT2D eigenvalue weighted by atomic mass is 32.2. The van der Waals surface area contributed by atoms with Crippen LogP contribution in [0.2, 0.25) is 0 Å². The van der Waals surface area contributed by atoms with Crippen molar-refractivity contribution in [1.29, 1.82) is 0 Å². The van der Waals surface area contributed by atoms with Crippen molar-refractivity contribution in [2.45, 2.75) is 17.6 Å². The standard InChI is InChI=1S/C21H23F3N10O9S3/c1-42-29-9(16(37)38)3-32-8-25-34(31-32)46-7-20(18(40)41)5-33-14(36)12(15(33)45-6-20)27-13(35)11(30-43-2)10-4-44-19(26-10)28-17(39)21(22,23)24/h4,8,12,15,31H,3,5-7H2,1-2H3,(H,27,35)(H,37,38)(H,40,41)(H,26,28,39)/t12?,15-,20?/m1/s1. The maximum Gasteiger partial charge on any atom is 0.471 e. The van der Waals surface area contributed by atoms with Gasteiger partial charge in [0.25, 0.3) is 5.91 Å². The lowest BCUT2D eigenvalue weighted by molar-refractivity contribution is -0.167. The molecule has 1 aromatic rings. The van der Waals surface area contributed by atoms with Gasteiger partial charge < -0.3 is 30.1 Å². The van der Waals surface area contributed by atoms with Gasteiger partial charge in [-0.3, -0.25) is 29.5 Å². The molecule has 5 N–H and O–H groups in total. The third-order valence-electron chi connectivity index (χ3n) is 6.25. The Hall–Kier alpha value is -4.36. The summed E-state index contributed by atoms with van der Waals surface area (Å²) < 4.78 is 38.9. The monoisotopic (exact) mass is 712 g/mol. The van der Waals surface area contributed by atoms with Crippen LogP contribution in [0.3, 0.4) is 0 Å². The number of hydrazine groups is 2. The number of carboxylic acid groups (broad SMARTS) is 2. The highest BCUT2D eigenvalue weighted by molar-refractivity contribution is 8.00. The Morgan fingerprint density at radius 3 is 2.59 bits per heavy atom. The van der Waals surface area contributed by atoms with Crippen molar-refractivity contribution < 1.29 is 57.0 Å². The number of fused-ring (bicyclic) bond motifs is 1. The van der Waals surface area contributed by atoms with Gasteiger partial charge in [-0.15, -0.1) is 38.3 Å². The molecule has 3 atom stereocenters. The van der Waals surface area contributed by atoms with Crippen LogP contribution in [0.25, 0.3) is 0 Å². The van der Waals surface area contributed by atoms with E-state index in [0.717, 1.165) is 36.2 Å². The van der Waals surface area contributed by atoms with E-state index in [1.165, 1.54) is 27.9 Å². The zero-order valence-corrected chi connectivity index (χ0v) is 25.8. The number of hydrogen-bond donors (Lipinski definition) is 5. The van der Waals surface area contributed by atoms with Gasteiger partial charge in [-0.25, -0.2) is 9.78 Å². The summed E-state index contributed by atoms with van der Waals surface area (Å²) in [4.78, 5) is 75.1. The fourth-order valence-corrected chi connectivity index (χ4v) is 7.34. The number of hydrazone groups is 1. The van der Waals surface area contributed by atoms with Crippen LogP contribution >= 0.6 is 35.0 Å². The smallest absolute Gasteiger partial charge is 0.471 e. The quantitative estimate of drug-likeness (QED) is 0.0727. The first kappa shape index (κ1) is 34.5. The van der Waals surface area contributed by atoms with E-state index in [2.05, 4.69) is 40.9 Å². The van der Waals surface area contributed by atoms with E-state index in [-0.39, 0.29) is 36.0 Å². The lowest BCUT2D eigenvalue weighted by Gasteiger charge is -2.53. The molecule has 2 unspecified atom stereocenters. The second-order valence-corrected chi connectivity index (χ2v) is 12.2. The van der Waals surface area contributed by atoms with Crippen molar-refractivity contribution in [2.75, 3.05) is 44.1 Å². The Morgan fingerprint density at radius 1 is 1.24 bits per heavy atom. The molecule has 0 saturated carbocycles. The number of aromatic nitrogens is 1. The van der Waals surface area contributed by atoms with E-state index in [1.807, 2.05) is 0 Å². The van der Waals surface area contributed by atoms with Crippen LogP contribution in [-0.4, -0.2) is 133 Å². The first-order chi connectivity index (χ1) is 21.7. The van der Waals surface area contributed by atoms with Crippen molar-refractivity contribution in [3.8, 4) is 0 Å². The molecular formula is C21H23F3N10O9S3. The first-order valence-electron chi connectivity index (χ1n) is 12.4. The number of thiazole rings is 1. The summed E-state index contributed by atoms with van der Waals surface area (Å²) in [7, 11) is 2.29. The fourth-order valence-electron chi connectivity index (χ4n) is 4.02. The van der Waals surface area contributed by atoms with Crippen LogP contribution < -0.4 is 16.2 Å². The lowest BCUT2D eigenvalue weighted by Crippen LogP contribution is -2.74.